The minimum Gasteiger partial charge on any atom is -0.369 e. The zero-order chi connectivity index (χ0) is 13.0. The highest BCUT2D eigenvalue weighted by atomic mass is 35.5. The van der Waals surface area contributed by atoms with Crippen LogP contribution >= 0.6 is 11.6 Å². The summed E-state index contributed by atoms with van der Waals surface area (Å²) in [5.74, 6) is 0.601. The molecule has 1 fully saturated rings. The third kappa shape index (κ3) is 1.51. The number of anilines is 1. The van der Waals surface area contributed by atoms with Gasteiger partial charge in [0.2, 0.25) is 0 Å². The van der Waals surface area contributed by atoms with Gasteiger partial charge in [0.05, 0.1) is 5.02 Å². The molecule has 1 aliphatic carbocycles. The van der Waals surface area contributed by atoms with Crippen molar-refractivity contribution in [1.29, 1.82) is 0 Å². The first-order valence-electron chi connectivity index (χ1n) is 6.39. The van der Waals surface area contributed by atoms with Crippen LogP contribution in [0, 0.1) is 5.82 Å². The highest BCUT2D eigenvalue weighted by Gasteiger charge is 2.51. The van der Waals surface area contributed by atoms with Gasteiger partial charge in [-0.25, -0.2) is 9.37 Å². The Balaban J connectivity index is 1.94. The fraction of sp³-hybridized carbons (Fsp3) is 0.267. The van der Waals surface area contributed by atoms with Gasteiger partial charge in [-0.2, -0.15) is 0 Å². The van der Waals surface area contributed by atoms with Crippen molar-refractivity contribution in [1.82, 2.24) is 4.98 Å². The molecule has 2 aromatic rings. The number of halogens is 2. The Morgan fingerprint density at radius 3 is 2.74 bits per heavy atom. The number of benzene rings is 1. The van der Waals surface area contributed by atoms with Gasteiger partial charge < -0.3 is 5.32 Å². The average molecular weight is 275 g/mol. The van der Waals surface area contributed by atoms with Crippen LogP contribution in [-0.4, -0.2) is 11.5 Å². The molecule has 1 aromatic heterocycles. The van der Waals surface area contributed by atoms with Gasteiger partial charge in [-0.3, -0.25) is 0 Å². The molecule has 0 bridgehead atoms. The van der Waals surface area contributed by atoms with Crippen molar-refractivity contribution in [3.05, 3.63) is 46.9 Å². The third-order valence-electron chi connectivity index (χ3n) is 4.16. The molecule has 1 aromatic carbocycles. The maximum atomic E-state index is 13.9. The smallest absolute Gasteiger partial charge is 0.131 e. The predicted molar refractivity (Wildman–Crippen MR) is 74.0 cm³/mol. The van der Waals surface area contributed by atoms with Gasteiger partial charge in [0, 0.05) is 34.8 Å². The SMILES string of the molecule is Fc1ccccc1-c1cnc2c(c1Cl)C1(CC1)CN2. The molecule has 1 spiro atoms. The topological polar surface area (TPSA) is 24.9 Å². The van der Waals surface area contributed by atoms with Crippen molar-refractivity contribution >= 4 is 17.4 Å². The summed E-state index contributed by atoms with van der Waals surface area (Å²) in [6.07, 6.45) is 3.93. The van der Waals surface area contributed by atoms with Crippen LogP contribution in [0.4, 0.5) is 10.2 Å². The molecule has 1 N–H and O–H groups in total. The number of aromatic nitrogens is 1. The third-order valence-corrected chi connectivity index (χ3v) is 4.55. The number of nitrogens with one attached hydrogen (secondary N) is 1. The van der Waals surface area contributed by atoms with Gasteiger partial charge in [-0.05, 0) is 18.9 Å². The molecule has 4 heteroatoms. The molecule has 0 radical (unpaired) electrons. The molecule has 0 amide bonds. The Hall–Kier alpha value is -1.61. The summed E-state index contributed by atoms with van der Waals surface area (Å²) in [6.45, 7) is 0.899. The average Bonchev–Trinajstić information content (AvgIpc) is 3.08. The first kappa shape index (κ1) is 11.2. The zero-order valence-electron chi connectivity index (χ0n) is 10.2. The molecule has 19 heavy (non-hydrogen) atoms. The molecule has 1 saturated carbocycles. The van der Waals surface area contributed by atoms with Crippen LogP contribution in [0.2, 0.25) is 5.02 Å². The number of pyridine rings is 1. The van der Waals surface area contributed by atoms with Gasteiger partial charge in [0.1, 0.15) is 11.6 Å². The number of hydrogen-bond acceptors (Lipinski definition) is 2. The summed E-state index contributed by atoms with van der Waals surface area (Å²) in [5, 5.41) is 3.95. The summed E-state index contributed by atoms with van der Waals surface area (Å²) < 4.78 is 13.9. The van der Waals surface area contributed by atoms with Crippen molar-refractivity contribution in [2.45, 2.75) is 18.3 Å². The minimum absolute atomic E-state index is 0.153. The molecular formula is C15H12ClFN2. The van der Waals surface area contributed by atoms with Crippen molar-refractivity contribution in [2.75, 3.05) is 11.9 Å². The number of hydrogen-bond donors (Lipinski definition) is 1. The van der Waals surface area contributed by atoms with E-state index in [1.807, 2.05) is 6.07 Å². The van der Waals surface area contributed by atoms with E-state index < -0.39 is 0 Å². The molecule has 2 aliphatic rings. The van der Waals surface area contributed by atoms with Gasteiger partial charge in [0.25, 0.3) is 0 Å². The molecule has 0 atom stereocenters. The summed E-state index contributed by atoms with van der Waals surface area (Å²) in [5.41, 5.74) is 2.44. The summed E-state index contributed by atoms with van der Waals surface area (Å²) >= 11 is 6.54. The summed E-state index contributed by atoms with van der Waals surface area (Å²) in [7, 11) is 0. The molecule has 2 nitrogen and oxygen atoms in total. The molecule has 0 saturated heterocycles. The number of nitrogens with zero attached hydrogens (tertiary/aromatic N) is 1. The van der Waals surface area contributed by atoms with Crippen LogP contribution in [0.25, 0.3) is 11.1 Å². The zero-order valence-corrected chi connectivity index (χ0v) is 11.0. The quantitative estimate of drug-likeness (QED) is 0.850. The van der Waals surface area contributed by atoms with E-state index in [9.17, 15) is 4.39 Å². The van der Waals surface area contributed by atoms with Crippen molar-refractivity contribution < 1.29 is 4.39 Å². The van der Waals surface area contributed by atoms with Crippen LogP contribution in [0.3, 0.4) is 0 Å². The van der Waals surface area contributed by atoms with Crippen LogP contribution in [0.1, 0.15) is 18.4 Å². The van der Waals surface area contributed by atoms with Gasteiger partial charge in [-0.1, -0.05) is 29.8 Å². The largest absolute Gasteiger partial charge is 0.369 e. The van der Waals surface area contributed by atoms with E-state index >= 15 is 0 Å². The van der Waals surface area contributed by atoms with Gasteiger partial charge >= 0.3 is 0 Å². The van der Waals surface area contributed by atoms with E-state index in [4.69, 9.17) is 11.6 Å². The second-order valence-corrected chi connectivity index (χ2v) is 5.70. The van der Waals surface area contributed by atoms with Gasteiger partial charge in [0.15, 0.2) is 0 Å². The Labute approximate surface area is 115 Å². The molecule has 4 rings (SSSR count). The Kier molecular flexibility index (Phi) is 2.19. The maximum absolute atomic E-state index is 13.9. The lowest BCUT2D eigenvalue weighted by molar-refractivity contribution is 0.631. The van der Waals surface area contributed by atoms with E-state index in [-0.39, 0.29) is 11.2 Å². The maximum Gasteiger partial charge on any atom is 0.131 e. The molecular weight excluding hydrogens is 263 g/mol. The Bertz CT molecular complexity index is 680. The second kappa shape index (κ2) is 3.70. The van der Waals surface area contributed by atoms with Crippen molar-refractivity contribution in [2.24, 2.45) is 0 Å². The van der Waals surface area contributed by atoms with Crippen LogP contribution in [-0.2, 0) is 5.41 Å². The summed E-state index contributed by atoms with van der Waals surface area (Å²) in [6, 6.07) is 6.68. The van der Waals surface area contributed by atoms with Gasteiger partial charge in [-0.15, -0.1) is 0 Å². The lowest BCUT2D eigenvalue weighted by Gasteiger charge is -2.12. The fourth-order valence-electron chi connectivity index (χ4n) is 2.89. The van der Waals surface area contributed by atoms with Crippen LogP contribution < -0.4 is 5.32 Å². The minimum atomic E-state index is -0.262. The highest BCUT2D eigenvalue weighted by Crippen LogP contribution is 2.57. The fourth-order valence-corrected chi connectivity index (χ4v) is 3.33. The van der Waals surface area contributed by atoms with Crippen LogP contribution in [0.5, 0.6) is 0 Å². The van der Waals surface area contributed by atoms with Crippen molar-refractivity contribution in [3.63, 3.8) is 0 Å². The highest BCUT2D eigenvalue weighted by molar-refractivity contribution is 6.34. The number of rotatable bonds is 1. The Morgan fingerprint density at radius 1 is 1.21 bits per heavy atom. The lowest BCUT2D eigenvalue weighted by atomic mass is 9.96. The molecule has 0 unspecified atom stereocenters. The Morgan fingerprint density at radius 2 is 2.00 bits per heavy atom. The van der Waals surface area contributed by atoms with Crippen molar-refractivity contribution in [3.8, 4) is 11.1 Å². The van der Waals surface area contributed by atoms with E-state index in [1.165, 1.54) is 6.07 Å². The second-order valence-electron chi connectivity index (χ2n) is 5.32. The monoisotopic (exact) mass is 274 g/mol. The van der Waals surface area contributed by atoms with E-state index in [1.54, 1.807) is 18.3 Å². The first-order valence-corrected chi connectivity index (χ1v) is 6.77. The predicted octanol–water partition coefficient (Wildman–Crippen LogP) is 4.00. The first-order chi connectivity index (χ1) is 9.21. The summed E-state index contributed by atoms with van der Waals surface area (Å²) in [4.78, 5) is 4.41. The number of fused-ring (bicyclic) bond motifs is 2. The van der Waals surface area contributed by atoms with E-state index in [0.29, 0.717) is 16.1 Å². The molecule has 2 heterocycles. The van der Waals surface area contributed by atoms with Crippen LogP contribution in [0.15, 0.2) is 30.5 Å². The normalized spacial score (nSPS) is 18.2. The van der Waals surface area contributed by atoms with E-state index in [2.05, 4.69) is 10.3 Å². The molecule has 1 aliphatic heterocycles. The standard InChI is InChI=1S/C15H12ClFN2/c16-13-10(9-3-1-2-4-11(9)17)7-18-14-12(13)15(5-6-15)8-19-14/h1-4,7H,5-6,8H2,(H,18,19). The lowest BCUT2D eigenvalue weighted by Crippen LogP contribution is -2.08. The molecule has 96 valence electrons. The van der Waals surface area contributed by atoms with E-state index in [0.717, 1.165) is 30.8 Å².